The van der Waals surface area contributed by atoms with Crippen LogP contribution in [-0.4, -0.2) is 75.2 Å². The van der Waals surface area contributed by atoms with E-state index in [1.807, 2.05) is 0 Å². The summed E-state index contributed by atoms with van der Waals surface area (Å²) in [7, 11) is 0. The molecule has 0 fully saturated rings. The molecule has 0 aliphatic carbocycles. The lowest BCUT2D eigenvalue weighted by molar-refractivity contribution is 0.215. The third-order valence-electron chi connectivity index (χ3n) is 2.51. The van der Waals surface area contributed by atoms with Gasteiger partial charge in [0.15, 0.2) is 0 Å². The van der Waals surface area contributed by atoms with Crippen LogP contribution in [0.4, 0.5) is 0 Å². The Morgan fingerprint density at radius 3 is 0.875 bits per heavy atom. The van der Waals surface area contributed by atoms with Gasteiger partial charge in [-0.1, -0.05) is 0 Å². The zero-order valence-corrected chi connectivity index (χ0v) is 10.3. The van der Waals surface area contributed by atoms with Gasteiger partial charge in [-0.3, -0.25) is 9.80 Å². The molecule has 0 atom stereocenters. The van der Waals surface area contributed by atoms with E-state index < -0.39 is 0 Å². The minimum absolute atomic E-state index is 0.674. The molecular weight excluding hydrogens is 204 g/mol. The molecule has 6 nitrogen and oxygen atoms in total. The molecular formula is C10H28N6. The Morgan fingerprint density at radius 2 is 0.688 bits per heavy atom. The molecule has 0 aliphatic heterocycles. The van der Waals surface area contributed by atoms with Gasteiger partial charge in [-0.15, -0.1) is 0 Å². The Bertz CT molecular complexity index is 115. The molecule has 0 amide bonds. The number of rotatable bonds is 11. The SMILES string of the molecule is NCCN(CCN)CCN(CCN)CCN. The lowest BCUT2D eigenvalue weighted by Crippen LogP contribution is -2.42. The maximum atomic E-state index is 5.55. The van der Waals surface area contributed by atoms with Crippen molar-refractivity contribution in [2.24, 2.45) is 22.9 Å². The van der Waals surface area contributed by atoms with Crippen LogP contribution in [0.2, 0.25) is 0 Å². The second-order valence-electron chi connectivity index (χ2n) is 3.84. The van der Waals surface area contributed by atoms with Crippen molar-refractivity contribution in [2.75, 3.05) is 65.4 Å². The van der Waals surface area contributed by atoms with Gasteiger partial charge in [0.2, 0.25) is 0 Å². The van der Waals surface area contributed by atoms with E-state index in [0.29, 0.717) is 26.2 Å². The van der Waals surface area contributed by atoms with Crippen LogP contribution in [0.3, 0.4) is 0 Å². The normalized spacial score (nSPS) is 11.6. The van der Waals surface area contributed by atoms with Crippen LogP contribution in [0.25, 0.3) is 0 Å². The largest absolute Gasteiger partial charge is 0.329 e. The Hall–Kier alpha value is -0.240. The van der Waals surface area contributed by atoms with Crippen molar-refractivity contribution in [3.63, 3.8) is 0 Å². The molecule has 0 saturated carbocycles. The molecule has 0 aromatic carbocycles. The molecule has 0 aromatic heterocycles. The first-order valence-corrected chi connectivity index (χ1v) is 6.03. The molecule has 0 saturated heterocycles. The van der Waals surface area contributed by atoms with Gasteiger partial charge in [0, 0.05) is 65.4 Å². The van der Waals surface area contributed by atoms with Gasteiger partial charge in [-0.05, 0) is 0 Å². The molecule has 0 aliphatic rings. The molecule has 0 aromatic rings. The van der Waals surface area contributed by atoms with Crippen molar-refractivity contribution in [1.82, 2.24) is 9.80 Å². The molecule has 0 heterocycles. The smallest absolute Gasteiger partial charge is 0.0110 e. The predicted octanol–water partition coefficient (Wildman–Crippen LogP) is -2.57. The monoisotopic (exact) mass is 232 g/mol. The fourth-order valence-electron chi connectivity index (χ4n) is 1.68. The average molecular weight is 232 g/mol. The summed E-state index contributed by atoms with van der Waals surface area (Å²) >= 11 is 0. The highest BCUT2D eigenvalue weighted by atomic mass is 15.2. The van der Waals surface area contributed by atoms with E-state index in [1.54, 1.807) is 0 Å². The van der Waals surface area contributed by atoms with E-state index >= 15 is 0 Å². The minimum Gasteiger partial charge on any atom is -0.329 e. The Balaban J connectivity index is 3.83. The highest BCUT2D eigenvalue weighted by Crippen LogP contribution is 1.91. The maximum Gasteiger partial charge on any atom is 0.0110 e. The average Bonchev–Trinajstić information content (AvgIpc) is 2.27. The Labute approximate surface area is 98.9 Å². The first kappa shape index (κ1) is 15.8. The fraction of sp³-hybridized carbons (Fsp3) is 1.00. The van der Waals surface area contributed by atoms with Gasteiger partial charge in [0.25, 0.3) is 0 Å². The lowest BCUT2D eigenvalue weighted by atomic mass is 10.4. The number of hydrogen-bond acceptors (Lipinski definition) is 6. The van der Waals surface area contributed by atoms with Gasteiger partial charge in [0.1, 0.15) is 0 Å². The number of hydrogen-bond donors (Lipinski definition) is 4. The van der Waals surface area contributed by atoms with E-state index in [9.17, 15) is 0 Å². The second-order valence-corrected chi connectivity index (χ2v) is 3.84. The van der Waals surface area contributed by atoms with E-state index in [2.05, 4.69) is 9.80 Å². The summed E-state index contributed by atoms with van der Waals surface area (Å²) in [6.45, 7) is 8.26. The maximum absolute atomic E-state index is 5.55. The van der Waals surface area contributed by atoms with Gasteiger partial charge in [-0.2, -0.15) is 0 Å². The summed E-state index contributed by atoms with van der Waals surface area (Å²) in [5, 5.41) is 0. The topological polar surface area (TPSA) is 111 Å². The molecule has 6 heteroatoms. The van der Waals surface area contributed by atoms with Crippen LogP contribution in [0.1, 0.15) is 0 Å². The summed E-state index contributed by atoms with van der Waals surface area (Å²) in [5.41, 5.74) is 22.2. The molecule has 0 unspecified atom stereocenters. The van der Waals surface area contributed by atoms with Gasteiger partial charge < -0.3 is 22.9 Å². The standard InChI is InChI=1S/C10H28N6/c11-1-5-15(6-2-12)9-10-16(7-3-13)8-4-14/h1-14H2. The van der Waals surface area contributed by atoms with Crippen LogP contribution in [0, 0.1) is 0 Å². The van der Waals surface area contributed by atoms with E-state index in [4.69, 9.17) is 22.9 Å². The molecule has 16 heavy (non-hydrogen) atoms. The minimum atomic E-state index is 0.674. The summed E-state index contributed by atoms with van der Waals surface area (Å²) in [6, 6.07) is 0. The van der Waals surface area contributed by atoms with Crippen molar-refractivity contribution in [3.8, 4) is 0 Å². The van der Waals surface area contributed by atoms with Gasteiger partial charge >= 0.3 is 0 Å². The summed E-state index contributed by atoms with van der Waals surface area (Å²) in [6.07, 6.45) is 0. The van der Waals surface area contributed by atoms with Crippen molar-refractivity contribution in [2.45, 2.75) is 0 Å². The zero-order valence-electron chi connectivity index (χ0n) is 10.3. The van der Waals surface area contributed by atoms with Crippen molar-refractivity contribution in [3.05, 3.63) is 0 Å². The summed E-state index contributed by atoms with van der Waals surface area (Å²) in [5.74, 6) is 0. The Morgan fingerprint density at radius 1 is 0.438 bits per heavy atom. The van der Waals surface area contributed by atoms with E-state index in [0.717, 1.165) is 39.3 Å². The fourth-order valence-corrected chi connectivity index (χ4v) is 1.68. The molecule has 0 rings (SSSR count). The molecule has 98 valence electrons. The summed E-state index contributed by atoms with van der Waals surface area (Å²) in [4.78, 5) is 4.56. The molecule has 0 bridgehead atoms. The highest BCUT2D eigenvalue weighted by Gasteiger charge is 2.06. The quantitative estimate of drug-likeness (QED) is 0.311. The van der Waals surface area contributed by atoms with E-state index in [1.165, 1.54) is 0 Å². The number of nitrogens with two attached hydrogens (primary N) is 4. The van der Waals surface area contributed by atoms with Crippen LogP contribution < -0.4 is 22.9 Å². The summed E-state index contributed by atoms with van der Waals surface area (Å²) < 4.78 is 0. The lowest BCUT2D eigenvalue weighted by Gasteiger charge is -2.26. The number of nitrogens with zero attached hydrogens (tertiary/aromatic N) is 2. The first-order valence-electron chi connectivity index (χ1n) is 6.03. The molecule has 0 spiro atoms. The first-order chi connectivity index (χ1) is 7.78. The third-order valence-corrected chi connectivity index (χ3v) is 2.51. The Kier molecular flexibility index (Phi) is 11.1. The second kappa shape index (κ2) is 11.3. The predicted molar refractivity (Wildman–Crippen MR) is 69.1 cm³/mol. The van der Waals surface area contributed by atoms with Crippen LogP contribution >= 0.6 is 0 Å². The van der Waals surface area contributed by atoms with Crippen LogP contribution in [0.15, 0.2) is 0 Å². The molecule has 8 N–H and O–H groups in total. The van der Waals surface area contributed by atoms with Crippen LogP contribution in [-0.2, 0) is 0 Å². The zero-order chi connectivity index (χ0) is 12.2. The van der Waals surface area contributed by atoms with E-state index in [-0.39, 0.29) is 0 Å². The third kappa shape index (κ3) is 7.98. The van der Waals surface area contributed by atoms with Crippen molar-refractivity contribution in [1.29, 1.82) is 0 Å². The molecule has 0 radical (unpaired) electrons. The van der Waals surface area contributed by atoms with Crippen molar-refractivity contribution >= 4 is 0 Å². The highest BCUT2D eigenvalue weighted by molar-refractivity contribution is 4.65. The van der Waals surface area contributed by atoms with Crippen LogP contribution in [0.5, 0.6) is 0 Å². The van der Waals surface area contributed by atoms with Crippen molar-refractivity contribution < 1.29 is 0 Å². The van der Waals surface area contributed by atoms with Gasteiger partial charge in [0.05, 0.1) is 0 Å². The van der Waals surface area contributed by atoms with Gasteiger partial charge in [-0.25, -0.2) is 0 Å².